The van der Waals surface area contributed by atoms with Crippen LogP contribution >= 0.6 is 12.4 Å². The molecule has 142 valence electrons. The molecule has 2 rings (SSSR count). The highest BCUT2D eigenvalue weighted by molar-refractivity contribution is 7.89. The van der Waals surface area contributed by atoms with Crippen molar-refractivity contribution in [2.75, 3.05) is 31.9 Å². The molecule has 0 radical (unpaired) electrons. The summed E-state index contributed by atoms with van der Waals surface area (Å²) in [6, 6.07) is 0.128. The molecule has 2 saturated heterocycles. The van der Waals surface area contributed by atoms with E-state index >= 15 is 0 Å². The van der Waals surface area contributed by atoms with Gasteiger partial charge >= 0.3 is 0 Å². The average Bonchev–Trinajstić information content (AvgIpc) is 2.54. The molecule has 0 bridgehead atoms. The fourth-order valence-electron chi connectivity index (χ4n) is 3.47. The van der Waals surface area contributed by atoms with Crippen LogP contribution in [0.5, 0.6) is 0 Å². The minimum Gasteiger partial charge on any atom is -0.353 e. The molecule has 0 atom stereocenters. The maximum absolute atomic E-state index is 12.1. The molecule has 0 aromatic carbocycles. The van der Waals surface area contributed by atoms with Crippen LogP contribution in [0.25, 0.3) is 0 Å². The highest BCUT2D eigenvalue weighted by atomic mass is 35.5. The number of hydrogen-bond acceptors (Lipinski definition) is 4. The Kier molecular flexibility index (Phi) is 9.56. The lowest BCUT2D eigenvalue weighted by atomic mass is 9.93. The van der Waals surface area contributed by atoms with Crippen LogP contribution in [0.4, 0.5) is 0 Å². The van der Waals surface area contributed by atoms with Gasteiger partial charge < -0.3 is 10.6 Å². The van der Waals surface area contributed by atoms with Crippen molar-refractivity contribution in [3.05, 3.63) is 0 Å². The van der Waals surface area contributed by atoms with Gasteiger partial charge in [-0.2, -0.15) is 0 Å². The molecule has 0 aromatic heterocycles. The van der Waals surface area contributed by atoms with Crippen LogP contribution in [-0.4, -0.2) is 56.6 Å². The number of rotatable bonds is 7. The summed E-state index contributed by atoms with van der Waals surface area (Å²) >= 11 is 0. The molecule has 0 aliphatic carbocycles. The van der Waals surface area contributed by atoms with Crippen molar-refractivity contribution >= 4 is 28.3 Å². The Hall–Kier alpha value is -0.370. The number of halogens is 1. The van der Waals surface area contributed by atoms with Gasteiger partial charge in [0.1, 0.15) is 0 Å². The van der Waals surface area contributed by atoms with E-state index < -0.39 is 10.0 Å². The number of sulfonamides is 1. The molecule has 1 amide bonds. The van der Waals surface area contributed by atoms with Crippen LogP contribution in [0.1, 0.15) is 51.9 Å². The predicted molar refractivity (Wildman–Crippen MR) is 98.9 cm³/mol. The predicted octanol–water partition coefficient (Wildman–Crippen LogP) is 1.51. The van der Waals surface area contributed by atoms with Gasteiger partial charge in [-0.3, -0.25) is 4.79 Å². The maximum atomic E-state index is 12.1. The van der Waals surface area contributed by atoms with Gasteiger partial charge in [-0.25, -0.2) is 12.7 Å². The minimum absolute atomic E-state index is 0. The van der Waals surface area contributed by atoms with E-state index in [9.17, 15) is 13.2 Å². The van der Waals surface area contributed by atoms with Crippen molar-refractivity contribution in [2.24, 2.45) is 5.92 Å². The van der Waals surface area contributed by atoms with Gasteiger partial charge in [0.15, 0.2) is 0 Å². The lowest BCUT2D eigenvalue weighted by molar-refractivity contribution is -0.122. The molecule has 6 nitrogen and oxygen atoms in total. The third kappa shape index (κ3) is 6.86. The largest absolute Gasteiger partial charge is 0.353 e. The second-order valence-electron chi connectivity index (χ2n) is 6.79. The van der Waals surface area contributed by atoms with Crippen molar-refractivity contribution in [1.29, 1.82) is 0 Å². The first-order valence-electron chi connectivity index (χ1n) is 8.99. The monoisotopic (exact) mass is 381 g/mol. The fourth-order valence-corrected chi connectivity index (χ4v) is 5.01. The summed E-state index contributed by atoms with van der Waals surface area (Å²) in [5, 5.41) is 6.43. The van der Waals surface area contributed by atoms with E-state index in [1.54, 1.807) is 4.31 Å². The van der Waals surface area contributed by atoms with Gasteiger partial charge in [0.25, 0.3) is 0 Å². The Balaban J connectivity index is 0.00000288. The number of nitrogens with zero attached hydrogens (tertiary/aromatic N) is 1. The van der Waals surface area contributed by atoms with E-state index in [-0.39, 0.29) is 30.1 Å². The Morgan fingerprint density at radius 2 is 1.79 bits per heavy atom. The van der Waals surface area contributed by atoms with Crippen LogP contribution in [0, 0.1) is 5.92 Å². The van der Waals surface area contributed by atoms with E-state index in [1.165, 1.54) is 12.8 Å². The summed E-state index contributed by atoms with van der Waals surface area (Å²) in [7, 11) is -3.10. The average molecular weight is 382 g/mol. The molecule has 0 unspecified atom stereocenters. The second-order valence-corrected chi connectivity index (χ2v) is 8.88. The third-order valence-electron chi connectivity index (χ3n) is 4.91. The summed E-state index contributed by atoms with van der Waals surface area (Å²) in [6.07, 6.45) is 6.00. The number of piperidine rings is 2. The summed E-state index contributed by atoms with van der Waals surface area (Å²) < 4.78 is 25.6. The van der Waals surface area contributed by atoms with Crippen LogP contribution < -0.4 is 10.6 Å². The van der Waals surface area contributed by atoms with Crippen LogP contribution in [-0.2, 0) is 14.8 Å². The summed E-state index contributed by atoms with van der Waals surface area (Å²) in [5.41, 5.74) is 0. The third-order valence-corrected chi connectivity index (χ3v) is 6.99. The van der Waals surface area contributed by atoms with Gasteiger partial charge in [0.05, 0.1) is 5.75 Å². The maximum Gasteiger partial charge on any atom is 0.220 e. The highest BCUT2D eigenvalue weighted by Gasteiger charge is 2.28. The number of nitrogens with one attached hydrogen (secondary N) is 2. The fraction of sp³-hybridized carbons (Fsp3) is 0.938. The van der Waals surface area contributed by atoms with Crippen LogP contribution in [0.3, 0.4) is 0 Å². The van der Waals surface area contributed by atoms with Gasteiger partial charge in [-0.15, -0.1) is 12.4 Å². The Bertz CT molecular complexity index is 473. The van der Waals surface area contributed by atoms with Crippen molar-refractivity contribution in [1.82, 2.24) is 14.9 Å². The molecule has 2 fully saturated rings. The Morgan fingerprint density at radius 3 is 2.38 bits per heavy atom. The van der Waals surface area contributed by atoms with Crippen molar-refractivity contribution in [3.63, 3.8) is 0 Å². The SMILES string of the molecule is CCCS(=O)(=O)N1CCC(NC(=O)CCC2CCNCC2)CC1.Cl. The number of carbonyl (C=O) groups is 1. The van der Waals surface area contributed by atoms with E-state index in [1.807, 2.05) is 6.92 Å². The lowest BCUT2D eigenvalue weighted by Crippen LogP contribution is -2.47. The smallest absolute Gasteiger partial charge is 0.220 e. The molecule has 2 N–H and O–H groups in total. The molecule has 8 heteroatoms. The summed E-state index contributed by atoms with van der Waals surface area (Å²) in [5.74, 6) is 1.02. The zero-order valence-electron chi connectivity index (χ0n) is 14.6. The van der Waals surface area contributed by atoms with Crippen molar-refractivity contribution in [2.45, 2.75) is 57.9 Å². The molecule has 0 spiro atoms. The molecular weight excluding hydrogens is 350 g/mol. The van der Waals surface area contributed by atoms with Gasteiger partial charge in [-0.05, 0) is 57.5 Å². The molecule has 0 saturated carbocycles. The quantitative estimate of drug-likeness (QED) is 0.700. The normalized spacial score (nSPS) is 21.2. The van der Waals surface area contributed by atoms with E-state index in [4.69, 9.17) is 0 Å². The van der Waals surface area contributed by atoms with Crippen LogP contribution in [0.2, 0.25) is 0 Å². The van der Waals surface area contributed by atoms with Gasteiger partial charge in [0, 0.05) is 25.6 Å². The van der Waals surface area contributed by atoms with E-state index in [0.717, 1.165) is 32.4 Å². The first-order valence-corrected chi connectivity index (χ1v) is 10.6. The summed E-state index contributed by atoms with van der Waals surface area (Å²) in [6.45, 7) is 5.07. The first kappa shape index (κ1) is 21.7. The zero-order chi connectivity index (χ0) is 16.7. The number of hydrogen-bond donors (Lipinski definition) is 2. The van der Waals surface area contributed by atoms with Crippen LogP contribution in [0.15, 0.2) is 0 Å². The molecule has 24 heavy (non-hydrogen) atoms. The Labute approximate surface area is 152 Å². The number of carbonyl (C=O) groups excluding carboxylic acids is 1. The van der Waals surface area contributed by atoms with Gasteiger partial charge in [0.2, 0.25) is 15.9 Å². The van der Waals surface area contributed by atoms with Gasteiger partial charge in [-0.1, -0.05) is 6.92 Å². The topological polar surface area (TPSA) is 78.5 Å². The first-order chi connectivity index (χ1) is 11.0. The molecule has 2 aliphatic rings. The van der Waals surface area contributed by atoms with E-state index in [2.05, 4.69) is 10.6 Å². The molecule has 2 heterocycles. The highest BCUT2D eigenvalue weighted by Crippen LogP contribution is 2.18. The van der Waals surface area contributed by atoms with Crippen molar-refractivity contribution in [3.8, 4) is 0 Å². The number of amides is 1. The lowest BCUT2D eigenvalue weighted by Gasteiger charge is -2.31. The molecular formula is C16H32ClN3O3S. The minimum atomic E-state index is -3.10. The molecule has 0 aromatic rings. The zero-order valence-corrected chi connectivity index (χ0v) is 16.3. The second kappa shape index (κ2) is 10.6. The van der Waals surface area contributed by atoms with Crippen molar-refractivity contribution < 1.29 is 13.2 Å². The van der Waals surface area contributed by atoms with E-state index in [0.29, 0.717) is 31.8 Å². The Morgan fingerprint density at radius 1 is 1.17 bits per heavy atom. The standard InChI is InChI=1S/C16H31N3O3S.ClH/c1-2-13-23(21,22)19-11-7-15(8-12-19)18-16(20)4-3-14-5-9-17-10-6-14;/h14-15,17H,2-13H2,1H3,(H,18,20);1H. The summed E-state index contributed by atoms with van der Waals surface area (Å²) in [4.78, 5) is 12.1. The molecule has 2 aliphatic heterocycles.